The van der Waals surface area contributed by atoms with Gasteiger partial charge >= 0.3 is 0 Å². The van der Waals surface area contributed by atoms with E-state index < -0.39 is 0 Å². The summed E-state index contributed by atoms with van der Waals surface area (Å²) in [6, 6.07) is 17.1. The lowest BCUT2D eigenvalue weighted by Gasteiger charge is -2.11. The van der Waals surface area contributed by atoms with Crippen LogP contribution in [-0.2, 0) is 6.54 Å². The van der Waals surface area contributed by atoms with Crippen LogP contribution in [0.15, 0.2) is 54.6 Å². The number of methoxy groups -OCH3 is 1. The summed E-state index contributed by atoms with van der Waals surface area (Å²) in [5.41, 5.74) is 1.02. The Hall–Kier alpha value is -2.99. The van der Waals surface area contributed by atoms with Gasteiger partial charge in [0.25, 0.3) is 0 Å². The largest absolute Gasteiger partial charge is 0.497 e. The summed E-state index contributed by atoms with van der Waals surface area (Å²) in [7, 11) is 1.64. The summed E-state index contributed by atoms with van der Waals surface area (Å²) >= 11 is 6.20. The first-order chi connectivity index (χ1) is 13.6. The number of rotatable bonds is 9. The lowest BCUT2D eigenvalue weighted by Crippen LogP contribution is -2.13. The molecule has 0 atom stereocenters. The van der Waals surface area contributed by atoms with Crippen LogP contribution in [0.2, 0.25) is 5.02 Å². The number of nitrogens with zero attached hydrogens (tertiary/aromatic N) is 2. The van der Waals surface area contributed by atoms with Gasteiger partial charge in [-0.25, -0.2) is 9.97 Å². The van der Waals surface area contributed by atoms with Crippen LogP contribution in [0.3, 0.4) is 0 Å². The molecule has 0 aliphatic carbocycles. The molecule has 0 aliphatic rings. The molecular formula is C21H23ClN4O2. The van der Waals surface area contributed by atoms with Crippen LogP contribution in [0, 0.1) is 6.92 Å². The molecule has 0 radical (unpaired) electrons. The summed E-state index contributed by atoms with van der Waals surface area (Å²) in [5.74, 6) is 3.77. The molecule has 7 heteroatoms. The molecule has 3 rings (SSSR count). The molecule has 2 N–H and O–H groups in total. The molecule has 0 saturated carbocycles. The van der Waals surface area contributed by atoms with E-state index in [4.69, 9.17) is 21.1 Å². The number of hydrogen-bond acceptors (Lipinski definition) is 6. The molecule has 3 aromatic rings. The van der Waals surface area contributed by atoms with Gasteiger partial charge in [-0.2, -0.15) is 0 Å². The van der Waals surface area contributed by atoms with E-state index in [1.165, 1.54) is 0 Å². The average Bonchev–Trinajstić information content (AvgIpc) is 2.71. The second-order valence-electron chi connectivity index (χ2n) is 6.08. The van der Waals surface area contributed by atoms with Gasteiger partial charge in [0.05, 0.1) is 13.7 Å². The van der Waals surface area contributed by atoms with Crippen molar-refractivity contribution in [3.8, 4) is 11.5 Å². The molecular weight excluding hydrogens is 376 g/mol. The molecule has 0 unspecified atom stereocenters. The first-order valence-corrected chi connectivity index (χ1v) is 9.35. The zero-order chi connectivity index (χ0) is 19.8. The number of ether oxygens (including phenoxy) is 2. The molecule has 1 heterocycles. The molecule has 0 amide bonds. The van der Waals surface area contributed by atoms with Crippen molar-refractivity contribution in [1.82, 2.24) is 9.97 Å². The predicted octanol–water partition coefficient (Wildman–Crippen LogP) is 4.55. The van der Waals surface area contributed by atoms with Crippen LogP contribution >= 0.6 is 11.6 Å². The van der Waals surface area contributed by atoms with Crippen LogP contribution in [0.4, 0.5) is 11.6 Å². The van der Waals surface area contributed by atoms with Gasteiger partial charge < -0.3 is 20.1 Å². The Kier molecular flexibility index (Phi) is 6.92. The molecule has 0 fully saturated rings. The van der Waals surface area contributed by atoms with Gasteiger partial charge in [-0.1, -0.05) is 29.8 Å². The minimum Gasteiger partial charge on any atom is -0.497 e. The van der Waals surface area contributed by atoms with Crippen LogP contribution in [0.25, 0.3) is 0 Å². The molecule has 28 heavy (non-hydrogen) atoms. The third kappa shape index (κ3) is 5.76. The average molecular weight is 399 g/mol. The molecule has 1 aromatic heterocycles. The van der Waals surface area contributed by atoms with Gasteiger partial charge in [-0.3, -0.25) is 0 Å². The Balaban J connectivity index is 1.50. The summed E-state index contributed by atoms with van der Waals surface area (Å²) in [4.78, 5) is 8.84. The predicted molar refractivity (Wildman–Crippen MR) is 113 cm³/mol. The van der Waals surface area contributed by atoms with E-state index in [1.807, 2.05) is 61.5 Å². The van der Waals surface area contributed by atoms with Crippen molar-refractivity contribution in [1.29, 1.82) is 0 Å². The number of nitrogens with one attached hydrogen (secondary N) is 2. The van der Waals surface area contributed by atoms with E-state index >= 15 is 0 Å². The molecule has 0 aliphatic heterocycles. The van der Waals surface area contributed by atoms with Crippen LogP contribution < -0.4 is 20.1 Å². The van der Waals surface area contributed by atoms with E-state index in [0.29, 0.717) is 25.5 Å². The first kappa shape index (κ1) is 19.8. The number of hydrogen-bond donors (Lipinski definition) is 2. The lowest BCUT2D eigenvalue weighted by atomic mass is 10.2. The van der Waals surface area contributed by atoms with Gasteiger partial charge in [0.15, 0.2) is 0 Å². The fourth-order valence-electron chi connectivity index (χ4n) is 2.60. The normalized spacial score (nSPS) is 10.4. The number of aromatic nitrogens is 2. The number of halogens is 1. The smallest absolute Gasteiger partial charge is 0.132 e. The van der Waals surface area contributed by atoms with Crippen LogP contribution in [-0.4, -0.2) is 30.2 Å². The van der Waals surface area contributed by atoms with Crippen LogP contribution in [0.5, 0.6) is 11.5 Å². The summed E-state index contributed by atoms with van der Waals surface area (Å²) in [6.45, 7) is 3.58. The second kappa shape index (κ2) is 9.80. The highest BCUT2D eigenvalue weighted by Crippen LogP contribution is 2.18. The highest BCUT2D eigenvalue weighted by Gasteiger charge is 2.04. The first-order valence-electron chi connectivity index (χ1n) is 8.98. The minimum atomic E-state index is 0.512. The van der Waals surface area contributed by atoms with Gasteiger partial charge in [-0.15, -0.1) is 0 Å². The summed E-state index contributed by atoms with van der Waals surface area (Å²) in [6.07, 6.45) is 0. The topological polar surface area (TPSA) is 68.3 Å². The summed E-state index contributed by atoms with van der Waals surface area (Å²) in [5, 5.41) is 7.28. The molecule has 6 nitrogen and oxygen atoms in total. The van der Waals surface area contributed by atoms with Gasteiger partial charge in [0.2, 0.25) is 0 Å². The number of benzene rings is 2. The van der Waals surface area contributed by atoms with Crippen molar-refractivity contribution in [2.24, 2.45) is 0 Å². The quantitative estimate of drug-likeness (QED) is 0.515. The third-order valence-corrected chi connectivity index (χ3v) is 4.36. The van der Waals surface area contributed by atoms with Crippen molar-refractivity contribution in [2.75, 3.05) is 30.9 Å². The number of aryl methyl sites for hydroxylation is 1. The lowest BCUT2D eigenvalue weighted by molar-refractivity contribution is 0.331. The Morgan fingerprint density at radius 2 is 1.61 bits per heavy atom. The molecule has 0 spiro atoms. The van der Waals surface area contributed by atoms with Crippen molar-refractivity contribution < 1.29 is 9.47 Å². The van der Waals surface area contributed by atoms with Crippen LogP contribution in [0.1, 0.15) is 11.4 Å². The van der Waals surface area contributed by atoms with E-state index in [2.05, 4.69) is 20.6 Å². The maximum atomic E-state index is 6.20. The Morgan fingerprint density at radius 1 is 0.929 bits per heavy atom. The van der Waals surface area contributed by atoms with Crippen molar-refractivity contribution in [2.45, 2.75) is 13.5 Å². The second-order valence-corrected chi connectivity index (χ2v) is 6.49. The standard InChI is InChI=1S/C21H23ClN4O2/c1-15-25-20(23-11-12-28-18-9-7-17(27-2)8-10-18)13-21(26-15)24-14-16-5-3-4-6-19(16)22/h3-10,13H,11-12,14H2,1-2H3,(H2,23,24,25,26). The van der Waals surface area contributed by atoms with E-state index in [9.17, 15) is 0 Å². The SMILES string of the molecule is COc1ccc(OCCNc2cc(NCc3ccccc3Cl)nc(C)n2)cc1. The van der Waals surface area contributed by atoms with E-state index in [0.717, 1.165) is 33.7 Å². The van der Waals surface area contributed by atoms with E-state index in [1.54, 1.807) is 7.11 Å². The molecule has 0 bridgehead atoms. The maximum Gasteiger partial charge on any atom is 0.132 e. The zero-order valence-corrected chi connectivity index (χ0v) is 16.7. The molecule has 146 valence electrons. The highest BCUT2D eigenvalue weighted by molar-refractivity contribution is 6.31. The Morgan fingerprint density at radius 3 is 2.32 bits per heavy atom. The third-order valence-electron chi connectivity index (χ3n) is 3.99. The Bertz CT molecular complexity index is 903. The minimum absolute atomic E-state index is 0.512. The fraction of sp³-hybridized carbons (Fsp3) is 0.238. The van der Waals surface area contributed by atoms with Crippen molar-refractivity contribution in [3.63, 3.8) is 0 Å². The van der Waals surface area contributed by atoms with Crippen molar-refractivity contribution in [3.05, 3.63) is 71.0 Å². The monoisotopic (exact) mass is 398 g/mol. The summed E-state index contributed by atoms with van der Waals surface area (Å²) < 4.78 is 10.8. The van der Waals surface area contributed by atoms with E-state index in [-0.39, 0.29) is 0 Å². The Labute approximate surface area is 169 Å². The van der Waals surface area contributed by atoms with Gasteiger partial charge in [0.1, 0.15) is 35.6 Å². The maximum absolute atomic E-state index is 6.20. The number of anilines is 2. The molecule has 0 saturated heterocycles. The fourth-order valence-corrected chi connectivity index (χ4v) is 2.80. The van der Waals surface area contributed by atoms with Crippen molar-refractivity contribution >= 4 is 23.2 Å². The van der Waals surface area contributed by atoms with Gasteiger partial charge in [-0.05, 0) is 42.8 Å². The highest BCUT2D eigenvalue weighted by atomic mass is 35.5. The molecule has 2 aromatic carbocycles. The van der Waals surface area contributed by atoms with Gasteiger partial charge in [0, 0.05) is 17.6 Å². The zero-order valence-electron chi connectivity index (χ0n) is 15.9.